The second-order valence-electron chi connectivity index (χ2n) is 3.85. The van der Waals surface area contributed by atoms with Crippen molar-refractivity contribution in [1.29, 1.82) is 0 Å². The highest BCUT2D eigenvalue weighted by Crippen LogP contribution is 2.31. The average molecular weight is 190 g/mol. The molecule has 0 aliphatic heterocycles. The quantitative estimate of drug-likeness (QED) is 0.700. The van der Waals surface area contributed by atoms with Crippen LogP contribution in [0.1, 0.15) is 18.4 Å². The van der Waals surface area contributed by atoms with Crippen molar-refractivity contribution < 1.29 is 4.79 Å². The van der Waals surface area contributed by atoms with Crippen LogP contribution in [0.4, 0.5) is 11.4 Å². The molecule has 1 fully saturated rings. The first kappa shape index (κ1) is 9.06. The van der Waals surface area contributed by atoms with Gasteiger partial charge in [-0.05, 0) is 37.5 Å². The van der Waals surface area contributed by atoms with E-state index in [0.29, 0.717) is 5.69 Å². The molecule has 0 heterocycles. The van der Waals surface area contributed by atoms with E-state index in [2.05, 4.69) is 5.32 Å². The summed E-state index contributed by atoms with van der Waals surface area (Å²) in [7, 11) is 0. The summed E-state index contributed by atoms with van der Waals surface area (Å²) in [5.41, 5.74) is 8.25. The van der Waals surface area contributed by atoms with Crippen molar-refractivity contribution in [2.75, 3.05) is 11.1 Å². The smallest absolute Gasteiger partial charge is 0.227 e. The molecule has 1 amide bonds. The van der Waals surface area contributed by atoms with Gasteiger partial charge in [-0.2, -0.15) is 0 Å². The van der Waals surface area contributed by atoms with E-state index in [1.165, 1.54) is 0 Å². The number of hydrogen-bond acceptors (Lipinski definition) is 2. The Bertz CT molecular complexity index is 370. The Labute approximate surface area is 83.3 Å². The number of nitrogen functional groups attached to an aromatic ring is 1. The summed E-state index contributed by atoms with van der Waals surface area (Å²) in [5.74, 6) is 0.316. The monoisotopic (exact) mass is 190 g/mol. The molecule has 0 saturated heterocycles. The van der Waals surface area contributed by atoms with Gasteiger partial charge in [-0.15, -0.1) is 0 Å². The summed E-state index contributed by atoms with van der Waals surface area (Å²) in [6.45, 7) is 1.98. The van der Waals surface area contributed by atoms with Crippen molar-refractivity contribution in [3.05, 3.63) is 23.8 Å². The van der Waals surface area contributed by atoms with Crippen molar-refractivity contribution in [2.24, 2.45) is 5.92 Å². The molecule has 0 atom stereocenters. The molecule has 3 nitrogen and oxygen atoms in total. The number of carbonyl (C=O) groups excluding carboxylic acids is 1. The van der Waals surface area contributed by atoms with Crippen LogP contribution in [0.5, 0.6) is 0 Å². The molecule has 1 saturated carbocycles. The lowest BCUT2D eigenvalue weighted by atomic mass is 10.2. The summed E-state index contributed by atoms with van der Waals surface area (Å²) in [5, 5.41) is 2.84. The fourth-order valence-corrected chi connectivity index (χ4v) is 1.38. The molecule has 0 unspecified atom stereocenters. The van der Waals surface area contributed by atoms with E-state index >= 15 is 0 Å². The second kappa shape index (κ2) is 3.33. The lowest BCUT2D eigenvalue weighted by Gasteiger charge is -2.07. The molecule has 0 radical (unpaired) electrons. The van der Waals surface area contributed by atoms with Gasteiger partial charge >= 0.3 is 0 Å². The number of benzene rings is 1. The van der Waals surface area contributed by atoms with Crippen LogP contribution in [0.3, 0.4) is 0 Å². The fraction of sp³-hybridized carbons (Fsp3) is 0.364. The van der Waals surface area contributed by atoms with Crippen molar-refractivity contribution in [3.63, 3.8) is 0 Å². The van der Waals surface area contributed by atoms with E-state index in [9.17, 15) is 4.79 Å². The number of aryl methyl sites for hydroxylation is 1. The number of hydrogen-bond donors (Lipinski definition) is 2. The van der Waals surface area contributed by atoms with E-state index < -0.39 is 0 Å². The third kappa shape index (κ3) is 1.87. The molecular weight excluding hydrogens is 176 g/mol. The standard InChI is InChI=1S/C11H14N2O/c1-7-2-5-10(9(12)6-7)13-11(14)8-3-4-8/h2,5-6,8H,3-4,12H2,1H3,(H,13,14). The zero-order chi connectivity index (χ0) is 10.1. The van der Waals surface area contributed by atoms with Gasteiger partial charge in [0.15, 0.2) is 0 Å². The highest BCUT2D eigenvalue weighted by Gasteiger charge is 2.29. The minimum absolute atomic E-state index is 0.0977. The highest BCUT2D eigenvalue weighted by molar-refractivity contribution is 5.96. The normalized spacial score (nSPS) is 15.2. The Kier molecular flexibility index (Phi) is 2.15. The predicted octanol–water partition coefficient (Wildman–Crippen LogP) is 1.93. The molecule has 0 aromatic heterocycles. The van der Waals surface area contributed by atoms with Crippen LogP contribution in [0.2, 0.25) is 0 Å². The van der Waals surface area contributed by atoms with E-state index in [1.807, 2.05) is 25.1 Å². The molecule has 3 heteroatoms. The van der Waals surface area contributed by atoms with E-state index in [4.69, 9.17) is 5.73 Å². The van der Waals surface area contributed by atoms with Gasteiger partial charge < -0.3 is 11.1 Å². The minimum Gasteiger partial charge on any atom is -0.397 e. The molecule has 1 aliphatic carbocycles. The molecule has 1 aromatic rings. The van der Waals surface area contributed by atoms with Gasteiger partial charge in [0.05, 0.1) is 11.4 Å². The van der Waals surface area contributed by atoms with Crippen LogP contribution in [0, 0.1) is 12.8 Å². The van der Waals surface area contributed by atoms with Crippen LogP contribution >= 0.6 is 0 Å². The van der Waals surface area contributed by atoms with Crippen LogP contribution < -0.4 is 11.1 Å². The van der Waals surface area contributed by atoms with E-state index in [-0.39, 0.29) is 11.8 Å². The molecule has 3 N–H and O–H groups in total. The summed E-state index contributed by atoms with van der Waals surface area (Å²) in [6, 6.07) is 5.66. The highest BCUT2D eigenvalue weighted by atomic mass is 16.2. The Balaban J connectivity index is 2.11. The van der Waals surface area contributed by atoms with Gasteiger partial charge in [0.1, 0.15) is 0 Å². The first-order valence-electron chi connectivity index (χ1n) is 4.84. The number of rotatable bonds is 2. The molecule has 0 spiro atoms. The first-order chi connectivity index (χ1) is 6.66. The third-order valence-corrected chi connectivity index (χ3v) is 2.41. The Morgan fingerprint density at radius 3 is 2.79 bits per heavy atom. The van der Waals surface area contributed by atoms with Crippen LogP contribution in [-0.2, 0) is 4.79 Å². The second-order valence-corrected chi connectivity index (χ2v) is 3.85. The maximum absolute atomic E-state index is 11.4. The van der Waals surface area contributed by atoms with Gasteiger partial charge in [-0.25, -0.2) is 0 Å². The molecule has 0 bridgehead atoms. The topological polar surface area (TPSA) is 55.1 Å². The first-order valence-corrected chi connectivity index (χ1v) is 4.84. The summed E-state index contributed by atoms with van der Waals surface area (Å²) >= 11 is 0. The molecule has 14 heavy (non-hydrogen) atoms. The maximum Gasteiger partial charge on any atom is 0.227 e. The number of nitrogens with one attached hydrogen (secondary N) is 1. The average Bonchev–Trinajstić information content (AvgIpc) is 2.92. The predicted molar refractivity (Wildman–Crippen MR) is 56.9 cm³/mol. The summed E-state index contributed by atoms with van der Waals surface area (Å²) < 4.78 is 0. The molecule has 1 aliphatic rings. The van der Waals surface area contributed by atoms with Gasteiger partial charge in [-0.1, -0.05) is 6.07 Å². The third-order valence-electron chi connectivity index (χ3n) is 2.41. The van der Waals surface area contributed by atoms with Crippen LogP contribution in [-0.4, -0.2) is 5.91 Å². The number of amides is 1. The van der Waals surface area contributed by atoms with Gasteiger partial charge in [0.25, 0.3) is 0 Å². The van der Waals surface area contributed by atoms with Crippen molar-refractivity contribution in [2.45, 2.75) is 19.8 Å². The van der Waals surface area contributed by atoms with Crippen molar-refractivity contribution in [1.82, 2.24) is 0 Å². The van der Waals surface area contributed by atoms with Crippen LogP contribution in [0.15, 0.2) is 18.2 Å². The Morgan fingerprint density at radius 1 is 1.50 bits per heavy atom. The van der Waals surface area contributed by atoms with E-state index in [0.717, 1.165) is 24.1 Å². The molecule has 74 valence electrons. The van der Waals surface area contributed by atoms with E-state index in [1.54, 1.807) is 0 Å². The fourth-order valence-electron chi connectivity index (χ4n) is 1.38. The summed E-state index contributed by atoms with van der Waals surface area (Å²) in [6.07, 6.45) is 2.02. The van der Waals surface area contributed by atoms with Crippen LogP contribution in [0.25, 0.3) is 0 Å². The lowest BCUT2D eigenvalue weighted by Crippen LogP contribution is -2.14. The maximum atomic E-state index is 11.4. The summed E-state index contributed by atoms with van der Waals surface area (Å²) in [4.78, 5) is 11.4. The van der Waals surface area contributed by atoms with Crippen molar-refractivity contribution in [3.8, 4) is 0 Å². The molecule has 2 rings (SSSR count). The Morgan fingerprint density at radius 2 is 2.21 bits per heavy atom. The Hall–Kier alpha value is -1.51. The molecule has 1 aromatic carbocycles. The SMILES string of the molecule is Cc1ccc(NC(=O)C2CC2)c(N)c1. The number of carbonyl (C=O) groups is 1. The van der Waals surface area contributed by atoms with Crippen molar-refractivity contribution >= 4 is 17.3 Å². The van der Waals surface area contributed by atoms with Gasteiger partial charge in [0.2, 0.25) is 5.91 Å². The minimum atomic E-state index is 0.0977. The largest absolute Gasteiger partial charge is 0.397 e. The van der Waals surface area contributed by atoms with Gasteiger partial charge in [0, 0.05) is 5.92 Å². The number of anilines is 2. The number of nitrogens with two attached hydrogens (primary N) is 1. The zero-order valence-electron chi connectivity index (χ0n) is 8.21. The lowest BCUT2D eigenvalue weighted by molar-refractivity contribution is -0.117. The van der Waals surface area contributed by atoms with Gasteiger partial charge in [-0.3, -0.25) is 4.79 Å². The zero-order valence-corrected chi connectivity index (χ0v) is 8.21. The molecular formula is C11H14N2O.